The molecular weight excluding hydrogens is 258 g/mol. The Bertz CT molecular complexity index is 620. The first-order chi connectivity index (χ1) is 9.48. The fraction of sp³-hybridized carbons (Fsp3) is 0.538. The van der Waals surface area contributed by atoms with Crippen LogP contribution in [-0.2, 0) is 6.42 Å². The van der Waals surface area contributed by atoms with Gasteiger partial charge in [-0.15, -0.1) is 0 Å². The number of nitrogens with one attached hydrogen (secondary N) is 1. The van der Waals surface area contributed by atoms with Gasteiger partial charge in [0.15, 0.2) is 0 Å². The SMILES string of the molecule is CCc1c(C(=O)NCC(C)(C)CO)cnc2ncnn12. The van der Waals surface area contributed by atoms with Crippen LogP contribution < -0.4 is 5.32 Å². The number of carbonyl (C=O) groups is 1. The Morgan fingerprint density at radius 2 is 2.20 bits per heavy atom. The summed E-state index contributed by atoms with van der Waals surface area (Å²) in [7, 11) is 0. The van der Waals surface area contributed by atoms with Gasteiger partial charge in [-0.05, 0) is 6.42 Å². The van der Waals surface area contributed by atoms with Gasteiger partial charge in [-0.2, -0.15) is 10.1 Å². The Morgan fingerprint density at radius 1 is 1.45 bits per heavy atom. The fourth-order valence-corrected chi connectivity index (χ4v) is 1.83. The Labute approximate surface area is 117 Å². The lowest BCUT2D eigenvalue weighted by Crippen LogP contribution is -2.36. The van der Waals surface area contributed by atoms with Crippen LogP contribution >= 0.6 is 0 Å². The van der Waals surface area contributed by atoms with Gasteiger partial charge in [-0.1, -0.05) is 20.8 Å². The lowest BCUT2D eigenvalue weighted by atomic mass is 9.95. The number of aromatic nitrogens is 4. The number of nitrogens with zero attached hydrogens (tertiary/aromatic N) is 4. The highest BCUT2D eigenvalue weighted by Crippen LogP contribution is 2.13. The Kier molecular flexibility index (Phi) is 3.99. The molecule has 0 aliphatic heterocycles. The summed E-state index contributed by atoms with van der Waals surface area (Å²) in [4.78, 5) is 20.4. The molecule has 0 saturated carbocycles. The van der Waals surface area contributed by atoms with Crippen LogP contribution in [0.4, 0.5) is 0 Å². The highest BCUT2D eigenvalue weighted by atomic mass is 16.3. The molecule has 20 heavy (non-hydrogen) atoms. The quantitative estimate of drug-likeness (QED) is 0.827. The standard InChI is InChI=1S/C13H19N5O2/c1-4-10-9(5-14-12-16-8-17-18(10)12)11(20)15-6-13(2,3)7-19/h5,8,19H,4,6-7H2,1-3H3,(H,15,20). The van der Waals surface area contributed by atoms with E-state index in [1.54, 1.807) is 4.52 Å². The zero-order valence-corrected chi connectivity index (χ0v) is 11.9. The summed E-state index contributed by atoms with van der Waals surface area (Å²) in [6, 6.07) is 0. The van der Waals surface area contributed by atoms with Crippen LogP contribution in [-0.4, -0.2) is 43.7 Å². The third kappa shape index (κ3) is 2.77. The van der Waals surface area contributed by atoms with Crippen LogP contribution in [0.25, 0.3) is 5.78 Å². The maximum Gasteiger partial charge on any atom is 0.254 e. The van der Waals surface area contributed by atoms with Gasteiger partial charge in [0.25, 0.3) is 11.7 Å². The first-order valence-electron chi connectivity index (χ1n) is 6.55. The summed E-state index contributed by atoms with van der Waals surface area (Å²) in [6.07, 6.45) is 3.58. The summed E-state index contributed by atoms with van der Waals surface area (Å²) < 4.78 is 1.58. The van der Waals surface area contributed by atoms with Crippen molar-refractivity contribution in [3.05, 3.63) is 23.8 Å². The van der Waals surface area contributed by atoms with Crippen molar-refractivity contribution in [1.82, 2.24) is 24.9 Å². The molecule has 0 saturated heterocycles. The molecule has 2 N–H and O–H groups in total. The third-order valence-corrected chi connectivity index (χ3v) is 3.14. The first kappa shape index (κ1) is 14.4. The molecule has 2 rings (SSSR count). The molecule has 0 unspecified atom stereocenters. The summed E-state index contributed by atoms with van der Waals surface area (Å²) >= 11 is 0. The summed E-state index contributed by atoms with van der Waals surface area (Å²) in [5.41, 5.74) is 0.901. The predicted octanol–water partition coefficient (Wildman–Crippen LogP) is 0.435. The van der Waals surface area contributed by atoms with Gasteiger partial charge in [0.1, 0.15) is 6.33 Å². The maximum atomic E-state index is 12.3. The van der Waals surface area contributed by atoms with Gasteiger partial charge >= 0.3 is 0 Å². The first-order valence-corrected chi connectivity index (χ1v) is 6.55. The Morgan fingerprint density at radius 3 is 2.85 bits per heavy atom. The molecule has 2 aromatic heterocycles. The summed E-state index contributed by atoms with van der Waals surface area (Å²) in [5.74, 6) is 0.266. The number of hydrogen-bond donors (Lipinski definition) is 2. The van der Waals surface area contributed by atoms with Crippen molar-refractivity contribution < 1.29 is 9.90 Å². The highest BCUT2D eigenvalue weighted by Gasteiger charge is 2.20. The van der Waals surface area contributed by atoms with Crippen molar-refractivity contribution in [2.24, 2.45) is 5.41 Å². The second kappa shape index (κ2) is 5.54. The van der Waals surface area contributed by atoms with Gasteiger partial charge in [0.05, 0.1) is 11.3 Å². The van der Waals surface area contributed by atoms with Gasteiger partial charge in [0.2, 0.25) is 0 Å². The molecule has 7 nitrogen and oxygen atoms in total. The largest absolute Gasteiger partial charge is 0.396 e. The number of carbonyl (C=O) groups excluding carboxylic acids is 1. The lowest BCUT2D eigenvalue weighted by Gasteiger charge is -2.22. The average Bonchev–Trinajstić information content (AvgIpc) is 2.92. The van der Waals surface area contributed by atoms with E-state index in [-0.39, 0.29) is 17.9 Å². The molecule has 0 bridgehead atoms. The van der Waals surface area contributed by atoms with Crippen LogP contribution in [0.5, 0.6) is 0 Å². The Hall–Kier alpha value is -2.02. The zero-order valence-electron chi connectivity index (χ0n) is 11.9. The fourth-order valence-electron chi connectivity index (χ4n) is 1.83. The van der Waals surface area contributed by atoms with Crippen LogP contribution in [0.3, 0.4) is 0 Å². The number of fused-ring (bicyclic) bond motifs is 1. The number of aryl methyl sites for hydroxylation is 1. The number of aliphatic hydroxyl groups excluding tert-OH is 1. The Balaban J connectivity index is 2.26. The van der Waals surface area contributed by atoms with Gasteiger partial charge < -0.3 is 10.4 Å². The van der Waals surface area contributed by atoms with Crippen LogP contribution in [0.1, 0.15) is 36.8 Å². The minimum atomic E-state index is -0.354. The van der Waals surface area contributed by atoms with Crippen molar-refractivity contribution in [2.75, 3.05) is 13.2 Å². The van der Waals surface area contributed by atoms with E-state index in [9.17, 15) is 9.90 Å². The van der Waals surface area contributed by atoms with E-state index in [1.165, 1.54) is 12.5 Å². The molecule has 0 spiro atoms. The molecule has 0 aromatic carbocycles. The molecule has 2 heterocycles. The molecule has 0 aliphatic rings. The van der Waals surface area contributed by atoms with Gasteiger partial charge in [-0.3, -0.25) is 4.79 Å². The average molecular weight is 277 g/mol. The van der Waals surface area contributed by atoms with Crippen LogP contribution in [0, 0.1) is 5.41 Å². The van der Waals surface area contributed by atoms with E-state index in [0.29, 0.717) is 24.3 Å². The topological polar surface area (TPSA) is 92.4 Å². The van der Waals surface area contributed by atoms with Crippen molar-refractivity contribution in [3.63, 3.8) is 0 Å². The van der Waals surface area contributed by atoms with Crippen molar-refractivity contribution in [1.29, 1.82) is 0 Å². The number of rotatable bonds is 5. The van der Waals surface area contributed by atoms with Crippen molar-refractivity contribution in [2.45, 2.75) is 27.2 Å². The molecule has 7 heteroatoms. The normalized spacial score (nSPS) is 11.8. The monoisotopic (exact) mass is 277 g/mol. The van der Waals surface area contributed by atoms with Crippen molar-refractivity contribution >= 4 is 11.7 Å². The third-order valence-electron chi connectivity index (χ3n) is 3.14. The lowest BCUT2D eigenvalue weighted by molar-refractivity contribution is 0.0909. The second-order valence-electron chi connectivity index (χ2n) is 5.45. The molecule has 108 valence electrons. The molecule has 0 radical (unpaired) electrons. The summed E-state index contributed by atoms with van der Waals surface area (Å²) in [6.45, 7) is 6.11. The minimum absolute atomic E-state index is 0.00821. The van der Waals surface area contributed by atoms with Gasteiger partial charge in [0, 0.05) is 24.8 Å². The number of aliphatic hydroxyl groups is 1. The smallest absolute Gasteiger partial charge is 0.254 e. The molecule has 1 amide bonds. The molecule has 0 aliphatic carbocycles. The number of hydrogen-bond acceptors (Lipinski definition) is 5. The summed E-state index contributed by atoms with van der Waals surface area (Å²) in [5, 5.41) is 16.1. The minimum Gasteiger partial charge on any atom is -0.396 e. The molecule has 0 fully saturated rings. The van der Waals surface area contributed by atoms with Crippen LogP contribution in [0.2, 0.25) is 0 Å². The second-order valence-corrected chi connectivity index (χ2v) is 5.45. The van der Waals surface area contributed by atoms with E-state index in [0.717, 1.165) is 5.69 Å². The van der Waals surface area contributed by atoms with Crippen LogP contribution in [0.15, 0.2) is 12.5 Å². The maximum absolute atomic E-state index is 12.3. The number of amides is 1. The molecular formula is C13H19N5O2. The molecule has 2 aromatic rings. The highest BCUT2D eigenvalue weighted by molar-refractivity contribution is 5.95. The van der Waals surface area contributed by atoms with E-state index in [2.05, 4.69) is 20.4 Å². The van der Waals surface area contributed by atoms with Gasteiger partial charge in [-0.25, -0.2) is 9.50 Å². The van der Waals surface area contributed by atoms with E-state index >= 15 is 0 Å². The predicted molar refractivity (Wildman–Crippen MR) is 73.4 cm³/mol. The molecule has 0 atom stereocenters. The van der Waals surface area contributed by atoms with E-state index in [4.69, 9.17) is 0 Å². The van der Waals surface area contributed by atoms with E-state index < -0.39 is 0 Å². The zero-order chi connectivity index (χ0) is 14.8. The van der Waals surface area contributed by atoms with E-state index in [1.807, 2.05) is 20.8 Å². The van der Waals surface area contributed by atoms with Crippen molar-refractivity contribution in [3.8, 4) is 0 Å².